The van der Waals surface area contributed by atoms with Crippen LogP contribution in [0.15, 0.2) is 58.9 Å². The number of nitrogens with zero attached hydrogens (tertiary/aromatic N) is 4. The molecule has 5 nitrogen and oxygen atoms in total. The minimum atomic E-state index is 0.456. The fraction of sp³-hybridized carbons (Fsp3) is 0.0769. The summed E-state index contributed by atoms with van der Waals surface area (Å²) in [7, 11) is 0. The summed E-state index contributed by atoms with van der Waals surface area (Å²) in [4.78, 5) is 11.6. The molecular formula is C13H11N5. The zero-order chi connectivity index (χ0) is 12.2. The lowest BCUT2D eigenvalue weighted by atomic mass is 10.3. The first kappa shape index (κ1) is 10.6. The molecule has 3 aromatic rings. The number of aromatic amines is 1. The predicted molar refractivity (Wildman–Crippen MR) is 68.6 cm³/mol. The Hall–Kier alpha value is -2.56. The molecule has 0 saturated carbocycles. The van der Waals surface area contributed by atoms with E-state index < -0.39 is 0 Å². The Labute approximate surface area is 104 Å². The molecule has 0 spiro atoms. The average Bonchev–Trinajstić information content (AvgIpc) is 2.82. The van der Waals surface area contributed by atoms with Crippen molar-refractivity contribution < 1.29 is 0 Å². The second-order valence-corrected chi connectivity index (χ2v) is 3.80. The van der Waals surface area contributed by atoms with E-state index >= 15 is 0 Å². The van der Waals surface area contributed by atoms with Crippen molar-refractivity contribution in [3.8, 4) is 0 Å². The number of azo groups is 1. The van der Waals surface area contributed by atoms with Gasteiger partial charge in [-0.05, 0) is 24.3 Å². The molecule has 2 heterocycles. The van der Waals surface area contributed by atoms with E-state index in [1.807, 2.05) is 42.5 Å². The highest BCUT2D eigenvalue weighted by atomic mass is 15.2. The van der Waals surface area contributed by atoms with E-state index in [4.69, 9.17) is 0 Å². The van der Waals surface area contributed by atoms with E-state index in [1.54, 1.807) is 6.20 Å². The van der Waals surface area contributed by atoms with Gasteiger partial charge in [-0.3, -0.25) is 4.98 Å². The third kappa shape index (κ3) is 2.24. The van der Waals surface area contributed by atoms with Crippen LogP contribution in [-0.2, 0) is 6.54 Å². The van der Waals surface area contributed by atoms with Gasteiger partial charge in [0, 0.05) is 6.20 Å². The van der Waals surface area contributed by atoms with E-state index in [-0.39, 0.29) is 0 Å². The van der Waals surface area contributed by atoms with Crippen LogP contribution in [0.5, 0.6) is 0 Å². The largest absolute Gasteiger partial charge is 0.321 e. The Morgan fingerprint density at radius 1 is 1.06 bits per heavy atom. The van der Waals surface area contributed by atoms with E-state index in [1.165, 1.54) is 0 Å². The van der Waals surface area contributed by atoms with Gasteiger partial charge < -0.3 is 4.98 Å². The molecule has 0 amide bonds. The van der Waals surface area contributed by atoms with Crippen LogP contribution in [0.3, 0.4) is 0 Å². The summed E-state index contributed by atoms with van der Waals surface area (Å²) in [5.41, 5.74) is 2.74. The molecule has 2 aromatic heterocycles. The van der Waals surface area contributed by atoms with Crippen LogP contribution < -0.4 is 0 Å². The van der Waals surface area contributed by atoms with Crippen molar-refractivity contribution >= 4 is 17.0 Å². The summed E-state index contributed by atoms with van der Waals surface area (Å²) >= 11 is 0. The van der Waals surface area contributed by atoms with Gasteiger partial charge in [0.25, 0.3) is 0 Å². The Bertz CT molecular complexity index is 639. The molecule has 0 atom stereocenters. The number of fused-ring (bicyclic) bond motifs is 1. The van der Waals surface area contributed by atoms with Crippen molar-refractivity contribution in [2.45, 2.75) is 6.54 Å². The number of para-hydroxylation sites is 2. The molecule has 5 heteroatoms. The molecular weight excluding hydrogens is 226 g/mol. The molecule has 0 saturated heterocycles. The fourth-order valence-corrected chi connectivity index (χ4v) is 1.65. The SMILES string of the molecule is c1ccc(CN=Nc2nc3ccccc3[nH]2)nc1. The topological polar surface area (TPSA) is 66.3 Å². The third-order valence-corrected chi connectivity index (χ3v) is 2.50. The molecule has 3 rings (SSSR count). The second-order valence-electron chi connectivity index (χ2n) is 3.80. The number of hydrogen-bond donors (Lipinski definition) is 1. The van der Waals surface area contributed by atoms with Gasteiger partial charge in [-0.25, -0.2) is 4.98 Å². The maximum Gasteiger partial charge on any atom is 0.247 e. The van der Waals surface area contributed by atoms with Gasteiger partial charge in [-0.2, -0.15) is 5.11 Å². The summed E-state index contributed by atoms with van der Waals surface area (Å²) < 4.78 is 0. The lowest BCUT2D eigenvalue weighted by Gasteiger charge is -1.91. The maximum absolute atomic E-state index is 4.31. The van der Waals surface area contributed by atoms with Crippen molar-refractivity contribution in [2.75, 3.05) is 0 Å². The number of imidazole rings is 1. The zero-order valence-corrected chi connectivity index (χ0v) is 9.61. The third-order valence-electron chi connectivity index (χ3n) is 2.50. The molecule has 0 radical (unpaired) electrons. The Balaban J connectivity index is 1.76. The molecule has 0 bridgehead atoms. The van der Waals surface area contributed by atoms with E-state index in [0.29, 0.717) is 12.5 Å². The fourth-order valence-electron chi connectivity index (χ4n) is 1.65. The molecule has 0 fully saturated rings. The first-order valence-electron chi connectivity index (χ1n) is 5.64. The Morgan fingerprint density at radius 3 is 2.78 bits per heavy atom. The second kappa shape index (κ2) is 4.75. The summed E-state index contributed by atoms with van der Waals surface area (Å²) in [6.45, 7) is 0.456. The molecule has 0 aliphatic carbocycles. The Kier molecular flexibility index (Phi) is 2.79. The standard InChI is InChI=1S/C13H11N5/c1-2-7-12-11(6-1)16-13(17-12)18-15-9-10-5-3-4-8-14-10/h1-8H,9H2,(H,16,17). The molecule has 1 N–H and O–H groups in total. The number of nitrogens with one attached hydrogen (secondary N) is 1. The molecule has 0 aliphatic heterocycles. The first-order chi connectivity index (χ1) is 8.92. The van der Waals surface area contributed by atoms with Crippen LogP contribution in [0, 0.1) is 0 Å². The van der Waals surface area contributed by atoms with Crippen molar-refractivity contribution in [3.05, 3.63) is 54.4 Å². The quantitative estimate of drug-likeness (QED) is 0.710. The van der Waals surface area contributed by atoms with Crippen LogP contribution in [-0.4, -0.2) is 15.0 Å². The predicted octanol–water partition coefficient (Wildman–Crippen LogP) is 3.24. The van der Waals surface area contributed by atoms with Gasteiger partial charge in [0.15, 0.2) is 0 Å². The normalized spacial score (nSPS) is 11.3. The van der Waals surface area contributed by atoms with Gasteiger partial charge in [0.05, 0.1) is 16.7 Å². The van der Waals surface area contributed by atoms with E-state index in [2.05, 4.69) is 25.2 Å². The van der Waals surface area contributed by atoms with Crippen LogP contribution in [0.4, 0.5) is 5.95 Å². The lowest BCUT2D eigenvalue weighted by molar-refractivity contribution is 0.902. The van der Waals surface area contributed by atoms with Gasteiger partial charge in [0.1, 0.15) is 6.54 Å². The summed E-state index contributed by atoms with van der Waals surface area (Å²) in [6.07, 6.45) is 1.74. The number of pyridine rings is 1. The summed E-state index contributed by atoms with van der Waals surface area (Å²) in [5.74, 6) is 0.520. The summed E-state index contributed by atoms with van der Waals surface area (Å²) in [5, 5.41) is 8.13. The minimum Gasteiger partial charge on any atom is -0.321 e. The zero-order valence-electron chi connectivity index (χ0n) is 9.61. The monoisotopic (exact) mass is 237 g/mol. The van der Waals surface area contributed by atoms with Crippen molar-refractivity contribution in [1.29, 1.82) is 0 Å². The van der Waals surface area contributed by atoms with Crippen molar-refractivity contribution in [1.82, 2.24) is 15.0 Å². The number of aromatic nitrogens is 3. The van der Waals surface area contributed by atoms with E-state index in [0.717, 1.165) is 16.7 Å². The van der Waals surface area contributed by atoms with Gasteiger partial charge in [-0.1, -0.05) is 18.2 Å². The highest BCUT2D eigenvalue weighted by Gasteiger charge is 1.99. The minimum absolute atomic E-state index is 0.456. The molecule has 88 valence electrons. The van der Waals surface area contributed by atoms with Gasteiger partial charge >= 0.3 is 0 Å². The Morgan fingerprint density at radius 2 is 1.94 bits per heavy atom. The van der Waals surface area contributed by atoms with E-state index in [9.17, 15) is 0 Å². The lowest BCUT2D eigenvalue weighted by Crippen LogP contribution is -1.83. The van der Waals surface area contributed by atoms with Crippen LogP contribution in [0.25, 0.3) is 11.0 Å². The maximum atomic E-state index is 4.31. The molecule has 0 unspecified atom stereocenters. The first-order valence-corrected chi connectivity index (χ1v) is 5.64. The highest BCUT2D eigenvalue weighted by Crippen LogP contribution is 2.15. The number of H-pyrrole nitrogens is 1. The van der Waals surface area contributed by atoms with Crippen LogP contribution in [0.2, 0.25) is 0 Å². The number of hydrogen-bond acceptors (Lipinski definition) is 4. The van der Waals surface area contributed by atoms with Gasteiger partial charge in [-0.15, -0.1) is 5.11 Å². The van der Waals surface area contributed by atoms with Crippen LogP contribution >= 0.6 is 0 Å². The number of rotatable bonds is 3. The summed E-state index contributed by atoms with van der Waals surface area (Å²) in [6, 6.07) is 13.5. The number of benzene rings is 1. The van der Waals surface area contributed by atoms with Crippen molar-refractivity contribution in [3.63, 3.8) is 0 Å². The highest BCUT2D eigenvalue weighted by molar-refractivity contribution is 5.76. The molecule has 1 aromatic carbocycles. The molecule has 18 heavy (non-hydrogen) atoms. The average molecular weight is 237 g/mol. The van der Waals surface area contributed by atoms with Crippen molar-refractivity contribution in [2.24, 2.45) is 10.2 Å². The molecule has 0 aliphatic rings. The van der Waals surface area contributed by atoms with Gasteiger partial charge in [0.2, 0.25) is 5.95 Å². The van der Waals surface area contributed by atoms with Crippen LogP contribution in [0.1, 0.15) is 5.69 Å². The smallest absolute Gasteiger partial charge is 0.247 e.